The molecule has 0 amide bonds. The zero-order chi connectivity index (χ0) is 17.9. The van der Waals surface area contributed by atoms with Crippen LogP contribution in [0.25, 0.3) is 0 Å². The standard InChI is InChI=1S/C17H17F3N4O/c18-17(19,20)13-5-1-11(2-6-13)10-25-14-7-3-12(4-8-14)16-15(9-21)22-24-23-16/h1-2,5-6,12,14H,3-4,7-8,10H2,(H,22,23,24)/t12-,14-. The van der Waals surface area contributed by atoms with Crippen LogP contribution in [0, 0.1) is 11.3 Å². The first kappa shape index (κ1) is 17.4. The number of aromatic nitrogens is 3. The number of halogens is 3. The van der Waals surface area contributed by atoms with Crippen molar-refractivity contribution in [3.05, 3.63) is 46.8 Å². The van der Waals surface area contributed by atoms with E-state index in [4.69, 9.17) is 10.00 Å². The zero-order valence-corrected chi connectivity index (χ0v) is 13.4. The molecule has 8 heteroatoms. The maximum Gasteiger partial charge on any atom is 0.416 e. The maximum atomic E-state index is 12.5. The van der Waals surface area contributed by atoms with Crippen molar-refractivity contribution in [1.82, 2.24) is 15.4 Å². The van der Waals surface area contributed by atoms with Crippen LogP contribution in [0.2, 0.25) is 0 Å². The minimum Gasteiger partial charge on any atom is -0.374 e. The summed E-state index contributed by atoms with van der Waals surface area (Å²) < 4.78 is 43.4. The molecule has 0 aliphatic heterocycles. The van der Waals surface area contributed by atoms with E-state index in [9.17, 15) is 13.2 Å². The van der Waals surface area contributed by atoms with Crippen LogP contribution in [0.1, 0.15) is 54.1 Å². The monoisotopic (exact) mass is 350 g/mol. The highest BCUT2D eigenvalue weighted by molar-refractivity contribution is 5.27. The van der Waals surface area contributed by atoms with E-state index in [1.165, 1.54) is 12.1 Å². The van der Waals surface area contributed by atoms with Crippen LogP contribution < -0.4 is 0 Å². The van der Waals surface area contributed by atoms with Crippen molar-refractivity contribution >= 4 is 0 Å². The molecule has 0 atom stereocenters. The van der Waals surface area contributed by atoms with Gasteiger partial charge in [0.05, 0.1) is 18.3 Å². The van der Waals surface area contributed by atoms with Crippen molar-refractivity contribution in [1.29, 1.82) is 5.26 Å². The SMILES string of the molecule is N#Cc1[nH]nnc1[C@H]1CC[C@H](OCc2ccc(C(F)(F)F)cc2)CC1. The molecule has 0 radical (unpaired) electrons. The first-order valence-electron chi connectivity index (χ1n) is 8.06. The molecule has 1 aliphatic rings. The molecular formula is C17H17F3N4O. The van der Waals surface area contributed by atoms with Gasteiger partial charge < -0.3 is 4.74 Å². The molecule has 1 saturated carbocycles. The van der Waals surface area contributed by atoms with Gasteiger partial charge in [-0.1, -0.05) is 17.3 Å². The maximum absolute atomic E-state index is 12.5. The van der Waals surface area contributed by atoms with Gasteiger partial charge in [-0.15, -0.1) is 5.10 Å². The highest BCUT2D eigenvalue weighted by Crippen LogP contribution is 2.34. The predicted molar refractivity (Wildman–Crippen MR) is 82.3 cm³/mol. The molecule has 3 rings (SSSR count). The smallest absolute Gasteiger partial charge is 0.374 e. The average molecular weight is 350 g/mol. The Balaban J connectivity index is 1.49. The van der Waals surface area contributed by atoms with Crippen LogP contribution in [0.3, 0.4) is 0 Å². The lowest BCUT2D eigenvalue weighted by Gasteiger charge is -2.27. The second-order valence-corrected chi connectivity index (χ2v) is 6.16. The summed E-state index contributed by atoms with van der Waals surface area (Å²) in [5.74, 6) is 0.194. The molecule has 1 N–H and O–H groups in total. The molecule has 0 saturated heterocycles. The molecule has 2 aromatic rings. The fourth-order valence-corrected chi connectivity index (χ4v) is 3.11. The number of nitriles is 1. The Morgan fingerprint density at radius 2 is 1.84 bits per heavy atom. The van der Waals surface area contributed by atoms with Gasteiger partial charge in [0, 0.05) is 5.92 Å². The van der Waals surface area contributed by atoms with Gasteiger partial charge in [0.25, 0.3) is 0 Å². The van der Waals surface area contributed by atoms with Gasteiger partial charge >= 0.3 is 6.18 Å². The molecule has 0 bridgehead atoms. The number of alkyl halides is 3. The predicted octanol–water partition coefficient (Wildman–Crippen LogP) is 3.94. The average Bonchev–Trinajstić information content (AvgIpc) is 3.09. The minimum atomic E-state index is -4.32. The van der Waals surface area contributed by atoms with E-state index in [2.05, 4.69) is 21.5 Å². The second kappa shape index (κ2) is 7.23. The van der Waals surface area contributed by atoms with Gasteiger partial charge in [-0.05, 0) is 43.4 Å². The fraction of sp³-hybridized carbons (Fsp3) is 0.471. The molecular weight excluding hydrogens is 333 g/mol. The topological polar surface area (TPSA) is 74.6 Å². The third-order valence-corrected chi connectivity index (χ3v) is 4.52. The van der Waals surface area contributed by atoms with Crippen LogP contribution in [-0.4, -0.2) is 21.5 Å². The zero-order valence-electron chi connectivity index (χ0n) is 13.4. The van der Waals surface area contributed by atoms with Crippen LogP contribution in [0.15, 0.2) is 24.3 Å². The summed E-state index contributed by atoms with van der Waals surface area (Å²) >= 11 is 0. The summed E-state index contributed by atoms with van der Waals surface area (Å²) in [5, 5.41) is 19.3. The normalized spacial score (nSPS) is 21.0. The quantitative estimate of drug-likeness (QED) is 0.906. The van der Waals surface area contributed by atoms with Gasteiger partial charge in [-0.2, -0.15) is 18.4 Å². The summed E-state index contributed by atoms with van der Waals surface area (Å²) in [6, 6.07) is 7.09. The van der Waals surface area contributed by atoms with Crippen LogP contribution in [-0.2, 0) is 17.5 Å². The fourth-order valence-electron chi connectivity index (χ4n) is 3.11. The number of hydrogen-bond donors (Lipinski definition) is 1. The Kier molecular flexibility index (Phi) is 5.04. The summed E-state index contributed by atoms with van der Waals surface area (Å²) in [7, 11) is 0. The van der Waals surface area contributed by atoms with Crippen molar-refractivity contribution in [3.8, 4) is 6.07 Å². The lowest BCUT2D eigenvalue weighted by atomic mass is 9.84. The Labute approximate surface area is 142 Å². The number of H-pyrrole nitrogens is 1. The number of aromatic amines is 1. The van der Waals surface area contributed by atoms with Crippen molar-refractivity contribution < 1.29 is 17.9 Å². The number of hydrogen-bond acceptors (Lipinski definition) is 4. The molecule has 0 spiro atoms. The van der Waals surface area contributed by atoms with Crippen molar-refractivity contribution in [3.63, 3.8) is 0 Å². The number of benzene rings is 1. The van der Waals surface area contributed by atoms with E-state index < -0.39 is 11.7 Å². The van der Waals surface area contributed by atoms with Gasteiger partial charge in [0.2, 0.25) is 0 Å². The first-order chi connectivity index (χ1) is 12.0. The van der Waals surface area contributed by atoms with Gasteiger partial charge in [-0.25, -0.2) is 5.10 Å². The third kappa shape index (κ3) is 4.17. The number of nitrogens with one attached hydrogen (secondary N) is 1. The highest BCUT2D eigenvalue weighted by Gasteiger charge is 2.30. The highest BCUT2D eigenvalue weighted by atomic mass is 19.4. The van der Waals surface area contributed by atoms with Crippen LogP contribution >= 0.6 is 0 Å². The Morgan fingerprint density at radius 1 is 1.16 bits per heavy atom. The largest absolute Gasteiger partial charge is 0.416 e. The molecule has 25 heavy (non-hydrogen) atoms. The van der Waals surface area contributed by atoms with Gasteiger partial charge in [-0.3, -0.25) is 0 Å². The number of nitrogens with zero attached hydrogens (tertiary/aromatic N) is 3. The van der Waals surface area contributed by atoms with Gasteiger partial charge in [0.15, 0.2) is 5.69 Å². The molecule has 1 heterocycles. The molecule has 5 nitrogen and oxygen atoms in total. The lowest BCUT2D eigenvalue weighted by Crippen LogP contribution is -2.21. The Hall–Kier alpha value is -2.40. The summed E-state index contributed by atoms with van der Waals surface area (Å²) in [6.45, 7) is 0.293. The molecule has 1 aliphatic carbocycles. The third-order valence-electron chi connectivity index (χ3n) is 4.52. The lowest BCUT2D eigenvalue weighted by molar-refractivity contribution is -0.137. The van der Waals surface area contributed by atoms with Crippen LogP contribution in [0.4, 0.5) is 13.2 Å². The minimum absolute atomic E-state index is 0.0657. The molecule has 1 aromatic heterocycles. The van der Waals surface area contributed by atoms with E-state index in [0.717, 1.165) is 43.4 Å². The Morgan fingerprint density at radius 3 is 2.44 bits per heavy atom. The molecule has 0 unspecified atom stereocenters. The first-order valence-corrected chi connectivity index (χ1v) is 8.06. The van der Waals surface area contributed by atoms with E-state index in [1.54, 1.807) is 0 Å². The molecule has 1 fully saturated rings. The number of ether oxygens (including phenoxy) is 1. The molecule has 132 valence electrons. The van der Waals surface area contributed by atoms with E-state index in [-0.39, 0.29) is 12.0 Å². The van der Waals surface area contributed by atoms with E-state index >= 15 is 0 Å². The van der Waals surface area contributed by atoms with Crippen molar-refractivity contribution in [2.24, 2.45) is 0 Å². The van der Waals surface area contributed by atoms with Crippen molar-refractivity contribution in [2.75, 3.05) is 0 Å². The van der Waals surface area contributed by atoms with Gasteiger partial charge in [0.1, 0.15) is 11.8 Å². The number of rotatable bonds is 4. The van der Waals surface area contributed by atoms with Crippen molar-refractivity contribution in [2.45, 2.75) is 50.5 Å². The second-order valence-electron chi connectivity index (χ2n) is 6.16. The Bertz CT molecular complexity index is 740. The summed E-state index contributed by atoms with van der Waals surface area (Å²) in [6.07, 6.45) is -0.915. The van der Waals surface area contributed by atoms with Crippen LogP contribution in [0.5, 0.6) is 0 Å². The van der Waals surface area contributed by atoms with E-state index in [0.29, 0.717) is 18.0 Å². The molecule has 1 aromatic carbocycles. The summed E-state index contributed by atoms with van der Waals surface area (Å²) in [4.78, 5) is 0. The summed E-state index contributed by atoms with van der Waals surface area (Å²) in [5.41, 5.74) is 1.19. The van der Waals surface area contributed by atoms with E-state index in [1.807, 2.05) is 0 Å².